The van der Waals surface area contributed by atoms with E-state index in [2.05, 4.69) is 29.0 Å². The van der Waals surface area contributed by atoms with E-state index in [1.54, 1.807) is 19.1 Å². The molecule has 0 aliphatic carbocycles. The minimum atomic E-state index is -1.07. The Morgan fingerprint density at radius 2 is 1.96 bits per heavy atom. The van der Waals surface area contributed by atoms with Crippen molar-refractivity contribution in [3.63, 3.8) is 0 Å². The molecule has 2 unspecified atom stereocenters. The lowest BCUT2D eigenvalue weighted by molar-refractivity contribution is 0.0606. The first-order valence-corrected chi connectivity index (χ1v) is 9.46. The maximum absolute atomic E-state index is 13.3. The zero-order valence-corrected chi connectivity index (χ0v) is 15.9. The summed E-state index contributed by atoms with van der Waals surface area (Å²) in [6, 6.07) is 12.5. The van der Waals surface area contributed by atoms with Gasteiger partial charge in [-0.1, -0.05) is 23.7 Å². The van der Waals surface area contributed by atoms with Gasteiger partial charge in [0.1, 0.15) is 11.4 Å². The summed E-state index contributed by atoms with van der Waals surface area (Å²) in [5.41, 5.74) is 2.08. The van der Waals surface area contributed by atoms with Crippen LogP contribution < -0.4 is 4.90 Å². The summed E-state index contributed by atoms with van der Waals surface area (Å²) < 4.78 is 13.3. The van der Waals surface area contributed by atoms with Crippen LogP contribution in [0.4, 0.5) is 10.1 Å². The van der Waals surface area contributed by atoms with Gasteiger partial charge in [-0.2, -0.15) is 0 Å². The molecule has 1 N–H and O–H groups in total. The molecule has 2 aromatic carbocycles. The quantitative estimate of drug-likeness (QED) is 0.879. The van der Waals surface area contributed by atoms with Crippen molar-refractivity contribution in [3.8, 4) is 0 Å². The Labute approximate surface area is 159 Å². The van der Waals surface area contributed by atoms with Crippen LogP contribution in [-0.2, 0) is 5.60 Å². The molecule has 4 rings (SSSR count). The number of hydrogen-bond acceptors (Lipinski definition) is 3. The van der Waals surface area contributed by atoms with E-state index in [0.717, 1.165) is 35.8 Å². The Bertz CT molecular complexity index is 808. The summed E-state index contributed by atoms with van der Waals surface area (Å²) in [6.45, 7) is 4.31. The van der Waals surface area contributed by atoms with E-state index >= 15 is 0 Å². The Hall–Kier alpha value is -1.62. The van der Waals surface area contributed by atoms with E-state index in [4.69, 9.17) is 11.6 Å². The van der Waals surface area contributed by atoms with Crippen LogP contribution in [0.3, 0.4) is 0 Å². The van der Waals surface area contributed by atoms with Gasteiger partial charge in [-0.15, -0.1) is 0 Å². The number of halogens is 2. The Balaban J connectivity index is 1.68. The number of β-amino-alcohol motifs (C(OH)–C–C–N with tert-alkyl or cyclic N) is 1. The predicted octanol–water partition coefficient (Wildman–Crippen LogP) is 3.99. The Morgan fingerprint density at radius 3 is 2.69 bits per heavy atom. The highest BCUT2D eigenvalue weighted by atomic mass is 35.5. The first-order valence-electron chi connectivity index (χ1n) is 9.08. The largest absolute Gasteiger partial charge is 0.384 e. The molecule has 3 atom stereocenters. The standard InChI is InChI=1S/C21H24ClFN2O/c1-21(26,14-3-6-16(23)7-4-14)13-25-19-8-5-15(22)11-17(19)18-12-24(2)10-9-20(18)25/h3-8,11,18,20,26H,9-10,12-13H2,1-2H3/t18?,20?,21-/m1/s1. The highest BCUT2D eigenvalue weighted by molar-refractivity contribution is 6.30. The van der Waals surface area contributed by atoms with Crippen LogP contribution >= 0.6 is 11.6 Å². The van der Waals surface area contributed by atoms with E-state index in [0.29, 0.717) is 18.5 Å². The molecule has 1 fully saturated rings. The maximum atomic E-state index is 13.3. The number of rotatable bonds is 3. The van der Waals surface area contributed by atoms with Crippen molar-refractivity contribution in [3.05, 3.63) is 64.4 Å². The minimum Gasteiger partial charge on any atom is -0.384 e. The normalized spacial score (nSPS) is 24.9. The molecule has 2 aliphatic rings. The monoisotopic (exact) mass is 374 g/mol. The molecule has 138 valence electrons. The zero-order valence-electron chi connectivity index (χ0n) is 15.1. The molecule has 0 saturated carbocycles. The van der Waals surface area contributed by atoms with Crippen molar-refractivity contribution in [1.82, 2.24) is 4.90 Å². The van der Waals surface area contributed by atoms with Crippen LogP contribution in [0.15, 0.2) is 42.5 Å². The first-order chi connectivity index (χ1) is 12.3. The van der Waals surface area contributed by atoms with Crippen molar-refractivity contribution in [2.45, 2.75) is 30.9 Å². The second-order valence-corrected chi connectivity index (χ2v) is 8.27. The fourth-order valence-corrected chi connectivity index (χ4v) is 4.66. The molecule has 0 aromatic heterocycles. The van der Waals surface area contributed by atoms with Gasteiger partial charge in [-0.3, -0.25) is 0 Å². The fraction of sp³-hybridized carbons (Fsp3) is 0.429. The van der Waals surface area contributed by atoms with Gasteiger partial charge in [-0.05, 0) is 68.4 Å². The van der Waals surface area contributed by atoms with Crippen molar-refractivity contribution >= 4 is 17.3 Å². The van der Waals surface area contributed by atoms with Gasteiger partial charge in [0.15, 0.2) is 0 Å². The van der Waals surface area contributed by atoms with Gasteiger partial charge in [-0.25, -0.2) is 4.39 Å². The molecule has 2 heterocycles. The topological polar surface area (TPSA) is 26.7 Å². The van der Waals surface area contributed by atoms with Crippen molar-refractivity contribution < 1.29 is 9.50 Å². The summed E-state index contributed by atoms with van der Waals surface area (Å²) in [5, 5.41) is 11.9. The van der Waals surface area contributed by atoms with Crippen LogP contribution in [0, 0.1) is 5.82 Å². The number of piperidine rings is 1. The lowest BCUT2D eigenvalue weighted by atomic mass is 9.88. The Kier molecular flexibility index (Phi) is 4.46. The van der Waals surface area contributed by atoms with Gasteiger partial charge >= 0.3 is 0 Å². The molecule has 5 heteroatoms. The fourth-order valence-electron chi connectivity index (χ4n) is 4.48. The molecule has 26 heavy (non-hydrogen) atoms. The molecular weight excluding hydrogens is 351 g/mol. The van der Waals surface area contributed by atoms with E-state index in [1.807, 2.05) is 6.07 Å². The summed E-state index contributed by atoms with van der Waals surface area (Å²) in [7, 11) is 2.15. The van der Waals surface area contributed by atoms with Gasteiger partial charge < -0.3 is 14.9 Å². The van der Waals surface area contributed by atoms with Crippen molar-refractivity contribution in [2.75, 3.05) is 31.6 Å². The molecule has 2 aliphatic heterocycles. The molecular formula is C21H24ClFN2O. The smallest absolute Gasteiger partial charge is 0.123 e. The van der Waals surface area contributed by atoms with Crippen LogP contribution in [0.25, 0.3) is 0 Å². The number of nitrogens with zero attached hydrogens (tertiary/aromatic N) is 2. The van der Waals surface area contributed by atoms with Gasteiger partial charge in [0, 0.05) is 29.2 Å². The highest BCUT2D eigenvalue weighted by Crippen LogP contribution is 2.46. The van der Waals surface area contributed by atoms with Crippen LogP contribution in [0.2, 0.25) is 5.02 Å². The van der Waals surface area contributed by atoms with Crippen LogP contribution in [0.1, 0.15) is 30.4 Å². The number of aliphatic hydroxyl groups is 1. The predicted molar refractivity (Wildman–Crippen MR) is 103 cm³/mol. The molecule has 0 bridgehead atoms. The second kappa shape index (κ2) is 6.52. The van der Waals surface area contributed by atoms with E-state index in [-0.39, 0.29) is 5.82 Å². The number of fused-ring (bicyclic) bond motifs is 3. The van der Waals surface area contributed by atoms with Gasteiger partial charge in [0.05, 0.1) is 6.54 Å². The van der Waals surface area contributed by atoms with Gasteiger partial charge in [0.25, 0.3) is 0 Å². The lowest BCUT2D eigenvalue weighted by Gasteiger charge is -2.40. The van der Waals surface area contributed by atoms with Crippen LogP contribution in [0.5, 0.6) is 0 Å². The molecule has 0 spiro atoms. The molecule has 0 radical (unpaired) electrons. The SMILES string of the molecule is CN1CCC2C(C1)c1cc(Cl)ccc1N2C[C@@](C)(O)c1ccc(F)cc1. The molecule has 2 aromatic rings. The number of likely N-dealkylation sites (N-methyl/N-ethyl adjacent to an activating group) is 1. The third-order valence-electron chi connectivity index (χ3n) is 5.82. The molecule has 0 amide bonds. The molecule has 1 saturated heterocycles. The zero-order chi connectivity index (χ0) is 18.5. The van der Waals surface area contributed by atoms with Crippen LogP contribution in [-0.4, -0.2) is 42.7 Å². The minimum absolute atomic E-state index is 0.291. The lowest BCUT2D eigenvalue weighted by Crippen LogP contribution is -2.49. The Morgan fingerprint density at radius 1 is 1.23 bits per heavy atom. The third-order valence-corrected chi connectivity index (χ3v) is 6.06. The van der Waals surface area contributed by atoms with E-state index in [1.165, 1.54) is 17.7 Å². The summed E-state index contributed by atoms with van der Waals surface area (Å²) in [4.78, 5) is 4.68. The number of hydrogen-bond donors (Lipinski definition) is 1. The van der Waals surface area contributed by atoms with Crippen molar-refractivity contribution in [2.24, 2.45) is 0 Å². The first kappa shape index (κ1) is 17.8. The van der Waals surface area contributed by atoms with Crippen molar-refractivity contribution in [1.29, 1.82) is 0 Å². The average molecular weight is 375 g/mol. The van der Waals surface area contributed by atoms with Gasteiger partial charge in [0.2, 0.25) is 0 Å². The number of benzene rings is 2. The maximum Gasteiger partial charge on any atom is 0.123 e. The van der Waals surface area contributed by atoms with E-state index < -0.39 is 5.60 Å². The number of anilines is 1. The number of likely N-dealkylation sites (tertiary alicyclic amines) is 1. The van der Waals surface area contributed by atoms with E-state index in [9.17, 15) is 9.50 Å². The molecule has 3 nitrogen and oxygen atoms in total. The highest BCUT2D eigenvalue weighted by Gasteiger charge is 2.43. The third kappa shape index (κ3) is 3.11. The summed E-state index contributed by atoms with van der Waals surface area (Å²) >= 11 is 6.27. The summed E-state index contributed by atoms with van der Waals surface area (Å²) in [6.07, 6.45) is 1.05. The summed E-state index contributed by atoms with van der Waals surface area (Å²) in [5.74, 6) is 0.104. The second-order valence-electron chi connectivity index (χ2n) is 7.84. The average Bonchev–Trinajstić information content (AvgIpc) is 2.87.